The van der Waals surface area contributed by atoms with Gasteiger partial charge in [-0.2, -0.15) is 0 Å². The fraction of sp³-hybridized carbons (Fsp3) is 0.0638. The fourth-order valence-corrected chi connectivity index (χ4v) is 7.85. The molecule has 234 valence electrons. The predicted octanol–water partition coefficient (Wildman–Crippen LogP) is 11.0. The van der Waals surface area contributed by atoms with Crippen molar-refractivity contribution in [3.05, 3.63) is 185 Å². The highest BCUT2D eigenvalue weighted by molar-refractivity contribution is 6.09. The second-order valence-electron chi connectivity index (χ2n) is 13.1. The number of para-hydroxylation sites is 2. The number of nitrogens with zero attached hydrogens (tertiary/aromatic N) is 2. The molecule has 3 heterocycles. The third kappa shape index (κ3) is 4.69. The van der Waals surface area contributed by atoms with Gasteiger partial charge in [-0.1, -0.05) is 127 Å². The molecule has 3 heteroatoms. The molecule has 0 saturated heterocycles. The van der Waals surface area contributed by atoms with Crippen molar-refractivity contribution in [3.8, 4) is 22.3 Å². The van der Waals surface area contributed by atoms with E-state index in [1.807, 2.05) is 12.1 Å². The SMILES string of the molecule is c1ccc2nc3c(c(-c4ccc(C5NC(c6ccc(-c7c8ccccc8nc8ccccc78)cc6)=Cc6ccccc65)cc4)c2c#1)CCC=C3. The van der Waals surface area contributed by atoms with Gasteiger partial charge in [-0.15, -0.1) is 0 Å². The van der Waals surface area contributed by atoms with Crippen LogP contribution in [0.25, 0.3) is 72.8 Å². The Morgan fingerprint density at radius 1 is 0.620 bits per heavy atom. The first kappa shape index (κ1) is 28.5. The Balaban J connectivity index is 1.02. The lowest BCUT2D eigenvalue weighted by Crippen LogP contribution is -2.25. The van der Waals surface area contributed by atoms with E-state index in [0.29, 0.717) is 0 Å². The predicted molar refractivity (Wildman–Crippen MR) is 206 cm³/mol. The molecule has 8 aromatic rings. The summed E-state index contributed by atoms with van der Waals surface area (Å²) in [5, 5.41) is 7.29. The lowest BCUT2D eigenvalue weighted by atomic mass is 9.87. The van der Waals surface area contributed by atoms with Gasteiger partial charge in [0.25, 0.3) is 0 Å². The molecule has 1 aliphatic carbocycles. The highest BCUT2D eigenvalue weighted by Gasteiger charge is 2.24. The van der Waals surface area contributed by atoms with Crippen LogP contribution in [-0.2, 0) is 6.42 Å². The molecule has 50 heavy (non-hydrogen) atoms. The third-order valence-corrected chi connectivity index (χ3v) is 10.2. The minimum absolute atomic E-state index is 0.0129. The molecule has 2 aromatic heterocycles. The fourth-order valence-electron chi connectivity index (χ4n) is 7.85. The Bertz CT molecular complexity index is 2610. The van der Waals surface area contributed by atoms with Gasteiger partial charge in [0.05, 0.1) is 33.7 Å². The molecule has 2 aliphatic rings. The van der Waals surface area contributed by atoms with Crippen molar-refractivity contribution in [1.82, 2.24) is 15.3 Å². The second-order valence-corrected chi connectivity index (χ2v) is 13.1. The van der Waals surface area contributed by atoms with Gasteiger partial charge in [0, 0.05) is 27.6 Å². The van der Waals surface area contributed by atoms with Crippen molar-refractivity contribution in [3.63, 3.8) is 0 Å². The molecule has 1 unspecified atom stereocenters. The van der Waals surface area contributed by atoms with Gasteiger partial charge in [0.15, 0.2) is 0 Å². The summed E-state index contributed by atoms with van der Waals surface area (Å²) in [5.41, 5.74) is 16.2. The van der Waals surface area contributed by atoms with E-state index in [1.54, 1.807) is 0 Å². The van der Waals surface area contributed by atoms with Crippen LogP contribution in [0.2, 0.25) is 0 Å². The van der Waals surface area contributed by atoms with Crippen LogP contribution in [0.3, 0.4) is 0 Å². The van der Waals surface area contributed by atoms with Crippen molar-refractivity contribution in [2.45, 2.75) is 18.9 Å². The van der Waals surface area contributed by atoms with Crippen LogP contribution >= 0.6 is 0 Å². The summed E-state index contributed by atoms with van der Waals surface area (Å²) >= 11 is 0. The van der Waals surface area contributed by atoms with Gasteiger partial charge in [-0.3, -0.25) is 0 Å². The second kappa shape index (κ2) is 11.6. The van der Waals surface area contributed by atoms with Gasteiger partial charge < -0.3 is 5.32 Å². The van der Waals surface area contributed by atoms with Gasteiger partial charge >= 0.3 is 0 Å². The monoisotopic (exact) mass is 637 g/mol. The quantitative estimate of drug-likeness (QED) is 0.195. The molecule has 1 atom stereocenters. The Morgan fingerprint density at radius 2 is 1.30 bits per heavy atom. The maximum absolute atomic E-state index is 4.95. The maximum atomic E-state index is 4.95. The number of allylic oxidation sites excluding steroid dienone is 1. The van der Waals surface area contributed by atoms with E-state index in [2.05, 4.69) is 157 Å². The molecule has 1 N–H and O–H groups in total. The van der Waals surface area contributed by atoms with Gasteiger partial charge in [0.1, 0.15) is 0 Å². The number of nitrogens with one attached hydrogen (secondary N) is 1. The zero-order chi connectivity index (χ0) is 33.0. The van der Waals surface area contributed by atoms with Crippen molar-refractivity contribution < 1.29 is 0 Å². The van der Waals surface area contributed by atoms with E-state index in [4.69, 9.17) is 9.97 Å². The minimum Gasteiger partial charge on any atom is -0.374 e. The molecule has 0 radical (unpaired) electrons. The number of benzene rings is 5. The average Bonchev–Trinajstić information content (AvgIpc) is 3.19. The standard InChI is InChI=1S/C47H31N3/c1-2-12-35-34(11-1)29-44(30-21-23-31(24-22-30)45-36-13-3-7-17-40(36)48-41-18-8-4-14-37(41)45)50-47(35)33-27-25-32(26-28-33)46-38-15-5-9-19-42(38)49-43-20-10-6-16-39(43)46/h1-4,7-14,17-29,47,50H,5,15H2. The largest absolute Gasteiger partial charge is 0.374 e. The van der Waals surface area contributed by atoms with Gasteiger partial charge in [0.2, 0.25) is 0 Å². The van der Waals surface area contributed by atoms with Crippen LogP contribution in [-0.4, -0.2) is 9.97 Å². The Morgan fingerprint density at radius 3 is 2.10 bits per heavy atom. The van der Waals surface area contributed by atoms with E-state index < -0.39 is 0 Å². The van der Waals surface area contributed by atoms with Crippen LogP contribution in [0.15, 0.2) is 140 Å². The first-order chi connectivity index (χ1) is 24.8. The molecule has 0 amide bonds. The van der Waals surface area contributed by atoms with E-state index in [1.165, 1.54) is 55.3 Å². The average molecular weight is 638 g/mol. The lowest BCUT2D eigenvalue weighted by Gasteiger charge is -2.29. The van der Waals surface area contributed by atoms with Crippen LogP contribution in [0.5, 0.6) is 0 Å². The zero-order valence-corrected chi connectivity index (χ0v) is 27.3. The molecular formula is C47H31N3. The summed E-state index contributed by atoms with van der Waals surface area (Å²) in [6, 6.07) is 54.2. The Hall–Kier alpha value is -6.50. The normalized spacial score (nSPS) is 14.9. The molecule has 1 aliphatic heterocycles. The maximum Gasteiger partial charge on any atom is 0.0806 e. The number of hydrogen-bond acceptors (Lipinski definition) is 3. The highest BCUT2D eigenvalue weighted by Crippen LogP contribution is 2.40. The summed E-state index contributed by atoms with van der Waals surface area (Å²) in [7, 11) is 0. The van der Waals surface area contributed by atoms with Crippen LogP contribution in [0, 0.1) is 12.1 Å². The number of pyridine rings is 2. The molecule has 0 saturated carbocycles. The zero-order valence-electron chi connectivity index (χ0n) is 27.3. The summed E-state index contributed by atoms with van der Waals surface area (Å²) in [6.07, 6.45) is 8.67. The summed E-state index contributed by atoms with van der Waals surface area (Å²) in [5.74, 6) is 0. The van der Waals surface area contributed by atoms with Crippen LogP contribution in [0.4, 0.5) is 0 Å². The van der Waals surface area contributed by atoms with Crippen molar-refractivity contribution in [2.75, 3.05) is 0 Å². The van der Waals surface area contributed by atoms with Gasteiger partial charge in [-0.25, -0.2) is 9.97 Å². The van der Waals surface area contributed by atoms with E-state index in [9.17, 15) is 0 Å². The summed E-state index contributed by atoms with van der Waals surface area (Å²) in [6.45, 7) is 0. The van der Waals surface area contributed by atoms with Crippen molar-refractivity contribution >= 4 is 50.6 Å². The third-order valence-electron chi connectivity index (χ3n) is 10.2. The molecule has 6 aromatic carbocycles. The first-order valence-electron chi connectivity index (χ1n) is 17.3. The van der Waals surface area contributed by atoms with E-state index in [0.717, 1.165) is 51.7 Å². The van der Waals surface area contributed by atoms with Crippen LogP contribution in [0.1, 0.15) is 46.0 Å². The van der Waals surface area contributed by atoms with Crippen LogP contribution < -0.4 is 5.32 Å². The van der Waals surface area contributed by atoms with Gasteiger partial charge in [-0.05, 0) is 88.2 Å². The number of hydrogen-bond donors (Lipinski definition) is 1. The topological polar surface area (TPSA) is 37.8 Å². The number of fused-ring (bicyclic) bond motifs is 5. The molecule has 3 nitrogen and oxygen atoms in total. The molecule has 10 rings (SSSR count). The highest BCUT2D eigenvalue weighted by atomic mass is 14.9. The van der Waals surface area contributed by atoms with E-state index >= 15 is 0 Å². The molecule has 0 spiro atoms. The number of aromatic nitrogens is 2. The summed E-state index contributed by atoms with van der Waals surface area (Å²) < 4.78 is 0. The molecular weight excluding hydrogens is 607 g/mol. The lowest BCUT2D eigenvalue weighted by molar-refractivity contribution is 0.737. The Kier molecular flexibility index (Phi) is 6.60. The minimum atomic E-state index is 0.0129. The van der Waals surface area contributed by atoms with Crippen molar-refractivity contribution in [1.29, 1.82) is 0 Å². The Labute approximate surface area is 291 Å². The molecule has 0 fully saturated rings. The molecule has 0 bridgehead atoms. The summed E-state index contributed by atoms with van der Waals surface area (Å²) in [4.78, 5) is 9.89. The van der Waals surface area contributed by atoms with E-state index in [-0.39, 0.29) is 6.04 Å². The smallest absolute Gasteiger partial charge is 0.0806 e. The van der Waals surface area contributed by atoms with Crippen molar-refractivity contribution in [2.24, 2.45) is 0 Å². The number of rotatable bonds is 4. The first-order valence-corrected chi connectivity index (χ1v) is 17.3.